The van der Waals surface area contributed by atoms with Crippen molar-refractivity contribution in [2.24, 2.45) is 0 Å². The van der Waals surface area contributed by atoms with Gasteiger partial charge in [0.05, 0.1) is 11.0 Å². The number of nitrogens with one attached hydrogen (secondary N) is 1. The zero-order valence-corrected chi connectivity index (χ0v) is 18.9. The molecule has 0 amide bonds. The van der Waals surface area contributed by atoms with E-state index in [0.717, 1.165) is 35.7 Å². The van der Waals surface area contributed by atoms with Crippen LogP contribution in [0, 0.1) is 0 Å². The first kappa shape index (κ1) is 22.0. The van der Waals surface area contributed by atoms with E-state index in [1.807, 2.05) is 18.2 Å². The van der Waals surface area contributed by atoms with Crippen molar-refractivity contribution in [3.63, 3.8) is 0 Å². The molecule has 8 heteroatoms. The van der Waals surface area contributed by atoms with Gasteiger partial charge in [0.25, 0.3) is 5.56 Å². The lowest BCUT2D eigenvalue weighted by molar-refractivity contribution is 0.0925. The summed E-state index contributed by atoms with van der Waals surface area (Å²) in [6.45, 7) is 2.84. The van der Waals surface area contributed by atoms with Crippen LogP contribution in [0.25, 0.3) is 10.9 Å². The van der Waals surface area contributed by atoms with E-state index in [4.69, 9.17) is 16.3 Å². The zero-order chi connectivity index (χ0) is 22.0. The van der Waals surface area contributed by atoms with Crippen LogP contribution in [0.15, 0.2) is 58.2 Å². The van der Waals surface area contributed by atoms with Gasteiger partial charge in [0.2, 0.25) is 10.0 Å². The van der Waals surface area contributed by atoms with Crippen LogP contribution < -0.4 is 5.56 Å². The number of halogens is 1. The maximum atomic E-state index is 13.4. The molecule has 1 aromatic heterocycles. The van der Waals surface area contributed by atoms with Gasteiger partial charge in [-0.2, -0.15) is 4.31 Å². The number of ether oxygens (including phenoxy) is 1. The number of rotatable bonds is 7. The molecule has 0 saturated carbocycles. The van der Waals surface area contributed by atoms with Gasteiger partial charge in [-0.1, -0.05) is 24.6 Å². The molecule has 3 aromatic rings. The average Bonchev–Trinajstić information content (AvgIpc) is 3.27. The number of H-pyrrole nitrogens is 1. The predicted octanol–water partition coefficient (Wildman–Crippen LogP) is 4.11. The van der Waals surface area contributed by atoms with Crippen molar-refractivity contribution in [3.05, 3.63) is 75.0 Å². The normalized spacial score (nSPS) is 16.9. The molecule has 1 N–H and O–H groups in total. The first-order valence-electron chi connectivity index (χ1n) is 10.4. The highest BCUT2D eigenvalue weighted by Gasteiger charge is 2.30. The summed E-state index contributed by atoms with van der Waals surface area (Å²) < 4.78 is 33.9. The van der Waals surface area contributed by atoms with Crippen molar-refractivity contribution in [1.82, 2.24) is 9.29 Å². The number of aromatic nitrogens is 1. The van der Waals surface area contributed by atoms with Gasteiger partial charge >= 0.3 is 0 Å². The number of aryl methyl sites for hydroxylation is 1. The maximum absolute atomic E-state index is 13.4. The monoisotopic (exact) mass is 460 g/mol. The number of aromatic amines is 1. The Labute approximate surface area is 186 Å². The largest absolute Gasteiger partial charge is 0.377 e. The molecule has 4 rings (SSSR count). The van der Waals surface area contributed by atoms with Crippen LogP contribution in [0.2, 0.25) is 5.02 Å². The lowest BCUT2D eigenvalue weighted by Gasteiger charge is -2.25. The number of fused-ring (bicyclic) bond motifs is 1. The van der Waals surface area contributed by atoms with Crippen molar-refractivity contribution in [2.75, 3.05) is 13.2 Å². The highest BCUT2D eigenvalue weighted by atomic mass is 35.5. The fourth-order valence-electron chi connectivity index (χ4n) is 3.85. The molecule has 0 radical (unpaired) electrons. The van der Waals surface area contributed by atoms with Crippen molar-refractivity contribution in [3.8, 4) is 0 Å². The van der Waals surface area contributed by atoms with Gasteiger partial charge in [-0.15, -0.1) is 0 Å². The Morgan fingerprint density at radius 3 is 2.61 bits per heavy atom. The number of sulfonamides is 1. The summed E-state index contributed by atoms with van der Waals surface area (Å²) in [5.74, 6) is 0. The van der Waals surface area contributed by atoms with Crippen molar-refractivity contribution in [1.29, 1.82) is 0 Å². The zero-order valence-electron chi connectivity index (χ0n) is 17.3. The minimum absolute atomic E-state index is 0.0353. The molecule has 1 aliphatic heterocycles. The van der Waals surface area contributed by atoms with Crippen molar-refractivity contribution in [2.45, 2.75) is 43.7 Å². The van der Waals surface area contributed by atoms with Crippen LogP contribution in [-0.4, -0.2) is 37.0 Å². The van der Waals surface area contributed by atoms with E-state index in [9.17, 15) is 13.2 Å². The third-order valence-corrected chi connectivity index (χ3v) is 7.70. The molecule has 1 fully saturated rings. The minimum Gasteiger partial charge on any atom is -0.377 e. The molecule has 1 saturated heterocycles. The summed E-state index contributed by atoms with van der Waals surface area (Å²) in [5, 5.41) is 1.34. The highest BCUT2D eigenvalue weighted by molar-refractivity contribution is 7.89. The van der Waals surface area contributed by atoms with Gasteiger partial charge < -0.3 is 9.72 Å². The van der Waals surface area contributed by atoms with E-state index in [2.05, 4.69) is 11.9 Å². The van der Waals surface area contributed by atoms with Crippen LogP contribution in [0.1, 0.15) is 30.9 Å². The molecule has 6 nitrogen and oxygen atoms in total. The second-order valence-corrected chi connectivity index (χ2v) is 10.2. The van der Waals surface area contributed by atoms with E-state index in [1.54, 1.807) is 18.2 Å². The fraction of sp³-hybridized carbons (Fsp3) is 0.348. The lowest BCUT2D eigenvalue weighted by Crippen LogP contribution is -2.38. The topological polar surface area (TPSA) is 79.5 Å². The second kappa shape index (κ2) is 9.12. The van der Waals surface area contributed by atoms with E-state index in [0.29, 0.717) is 17.2 Å². The predicted molar refractivity (Wildman–Crippen MR) is 122 cm³/mol. The third kappa shape index (κ3) is 4.85. The van der Waals surface area contributed by atoms with E-state index in [1.165, 1.54) is 16.4 Å². The minimum atomic E-state index is -3.84. The van der Waals surface area contributed by atoms with E-state index >= 15 is 0 Å². The molecule has 1 atom stereocenters. The van der Waals surface area contributed by atoms with Gasteiger partial charge in [-0.3, -0.25) is 4.79 Å². The highest BCUT2D eigenvalue weighted by Crippen LogP contribution is 2.24. The molecule has 0 spiro atoms. The Morgan fingerprint density at radius 1 is 1.16 bits per heavy atom. The van der Waals surface area contributed by atoms with Gasteiger partial charge in [-0.05, 0) is 72.7 Å². The molecule has 2 aromatic carbocycles. The van der Waals surface area contributed by atoms with Gasteiger partial charge in [0.15, 0.2) is 0 Å². The summed E-state index contributed by atoms with van der Waals surface area (Å²) >= 11 is 5.94. The number of hydrogen-bond acceptors (Lipinski definition) is 4. The molecule has 0 unspecified atom stereocenters. The molecule has 164 valence electrons. The molecule has 0 aliphatic carbocycles. The summed E-state index contributed by atoms with van der Waals surface area (Å²) in [5.41, 5.74) is 1.99. The van der Waals surface area contributed by atoms with Crippen LogP contribution >= 0.6 is 11.6 Å². The molecule has 0 bridgehead atoms. The Kier molecular flexibility index (Phi) is 6.48. The van der Waals surface area contributed by atoms with Gasteiger partial charge in [0.1, 0.15) is 0 Å². The number of hydrogen-bond donors (Lipinski definition) is 1. The van der Waals surface area contributed by atoms with Crippen LogP contribution in [0.3, 0.4) is 0 Å². The Bertz CT molecular complexity index is 1230. The Hall–Kier alpha value is -2.19. The standard InChI is InChI=1S/C23H25ClN2O4S/c1-2-16-5-10-22-17(12-16)13-18(23(27)25-22)14-26(15-20-4-3-11-30-20)31(28,29)21-8-6-19(24)7-9-21/h5-10,12-13,20H,2-4,11,14-15H2,1H3,(H,25,27)/t20-/m0/s1. The van der Waals surface area contributed by atoms with Crippen molar-refractivity contribution < 1.29 is 13.2 Å². The molecular formula is C23H25ClN2O4S. The number of benzene rings is 2. The van der Waals surface area contributed by atoms with Crippen molar-refractivity contribution >= 4 is 32.5 Å². The molecule has 2 heterocycles. The first-order chi connectivity index (χ1) is 14.9. The maximum Gasteiger partial charge on any atom is 0.252 e. The molecule has 1 aliphatic rings. The van der Waals surface area contributed by atoms with Crippen LogP contribution in [0.5, 0.6) is 0 Å². The average molecular weight is 461 g/mol. The SMILES string of the molecule is CCc1ccc2[nH]c(=O)c(CN(C[C@@H]3CCCO3)S(=O)(=O)c3ccc(Cl)cc3)cc2c1. The first-order valence-corrected chi connectivity index (χ1v) is 12.2. The number of pyridine rings is 1. The van der Waals surface area contributed by atoms with Crippen LogP contribution in [0.4, 0.5) is 0 Å². The smallest absolute Gasteiger partial charge is 0.252 e. The summed E-state index contributed by atoms with van der Waals surface area (Å²) in [7, 11) is -3.84. The lowest BCUT2D eigenvalue weighted by atomic mass is 10.1. The Morgan fingerprint density at radius 2 is 1.94 bits per heavy atom. The quantitative estimate of drug-likeness (QED) is 0.575. The van der Waals surface area contributed by atoms with E-state index < -0.39 is 10.0 Å². The van der Waals surface area contributed by atoms with Crippen LogP contribution in [-0.2, 0) is 27.7 Å². The molecular weight excluding hydrogens is 436 g/mol. The van der Waals surface area contributed by atoms with Gasteiger partial charge in [0, 0.05) is 35.8 Å². The number of nitrogens with zero attached hydrogens (tertiary/aromatic N) is 1. The van der Waals surface area contributed by atoms with Gasteiger partial charge in [-0.25, -0.2) is 8.42 Å². The Balaban J connectivity index is 1.72. The summed E-state index contributed by atoms with van der Waals surface area (Å²) in [6.07, 6.45) is 2.38. The fourth-order valence-corrected chi connectivity index (χ4v) is 5.42. The molecule has 31 heavy (non-hydrogen) atoms. The summed E-state index contributed by atoms with van der Waals surface area (Å²) in [6, 6.07) is 13.7. The third-order valence-electron chi connectivity index (χ3n) is 5.62. The van der Waals surface area contributed by atoms with E-state index in [-0.39, 0.29) is 29.6 Å². The second-order valence-electron chi connectivity index (χ2n) is 7.79. The summed E-state index contributed by atoms with van der Waals surface area (Å²) in [4.78, 5) is 15.8.